The predicted octanol–water partition coefficient (Wildman–Crippen LogP) is 1.01. The largest absolute Gasteiger partial charge is 0.378 e. The first-order chi connectivity index (χ1) is 11.1. The van der Waals surface area contributed by atoms with Gasteiger partial charge in [-0.25, -0.2) is 0 Å². The van der Waals surface area contributed by atoms with E-state index in [4.69, 9.17) is 9.47 Å². The van der Waals surface area contributed by atoms with Crippen LogP contribution in [-0.4, -0.2) is 75.5 Å². The van der Waals surface area contributed by atoms with Gasteiger partial charge in [-0.1, -0.05) is 20.8 Å². The van der Waals surface area contributed by atoms with E-state index >= 15 is 0 Å². The Bertz CT molecular complexity index is 305. The molecule has 1 heterocycles. The molecule has 0 saturated carbocycles. The summed E-state index contributed by atoms with van der Waals surface area (Å²) in [5.74, 6) is 0.0669. The summed E-state index contributed by atoms with van der Waals surface area (Å²) in [7, 11) is 0. The Balaban J connectivity index is 1.86. The average Bonchev–Trinajstić information content (AvgIpc) is 2.54. The molecule has 0 radical (unpaired) electrons. The summed E-state index contributed by atoms with van der Waals surface area (Å²) < 4.78 is 11.0. The van der Waals surface area contributed by atoms with Crippen molar-refractivity contribution in [2.75, 3.05) is 52.6 Å². The van der Waals surface area contributed by atoms with Gasteiger partial charge >= 0.3 is 0 Å². The fourth-order valence-electron chi connectivity index (χ4n) is 2.70. The van der Waals surface area contributed by atoms with Crippen LogP contribution >= 0.6 is 0 Å². The molecule has 0 bridgehead atoms. The molecule has 0 atom stereocenters. The standard InChI is InChI=1S/C17H35N3O3/c1-4-17(21)18-7-11-22-13-14-23-12-10-20-8-5-16(6-9-20)19-15(2)3/h15-16,19H,4-14H2,1-3H3,(H,18,21). The second-order valence-corrected chi connectivity index (χ2v) is 6.37. The summed E-state index contributed by atoms with van der Waals surface area (Å²) in [5.41, 5.74) is 0. The van der Waals surface area contributed by atoms with E-state index in [0.717, 1.165) is 26.2 Å². The van der Waals surface area contributed by atoms with E-state index in [-0.39, 0.29) is 5.91 Å². The number of hydrogen-bond acceptors (Lipinski definition) is 5. The third-order valence-corrected chi connectivity index (χ3v) is 3.97. The summed E-state index contributed by atoms with van der Waals surface area (Å²) in [6.07, 6.45) is 2.98. The number of amides is 1. The Morgan fingerprint density at radius 2 is 1.78 bits per heavy atom. The number of nitrogens with one attached hydrogen (secondary N) is 2. The topological polar surface area (TPSA) is 62.8 Å². The highest BCUT2D eigenvalue weighted by atomic mass is 16.5. The van der Waals surface area contributed by atoms with Crippen LogP contribution in [0.3, 0.4) is 0 Å². The molecule has 136 valence electrons. The monoisotopic (exact) mass is 329 g/mol. The first-order valence-corrected chi connectivity index (χ1v) is 9.02. The van der Waals surface area contributed by atoms with Gasteiger partial charge in [-0.2, -0.15) is 0 Å². The molecule has 0 aliphatic carbocycles. The molecule has 1 aliphatic rings. The fourth-order valence-corrected chi connectivity index (χ4v) is 2.70. The quantitative estimate of drug-likeness (QED) is 0.523. The van der Waals surface area contributed by atoms with Crippen molar-refractivity contribution in [1.29, 1.82) is 0 Å². The maximum atomic E-state index is 11.0. The highest BCUT2D eigenvalue weighted by molar-refractivity contribution is 5.75. The Labute approximate surface area is 141 Å². The number of carbonyl (C=O) groups is 1. The molecule has 0 unspecified atom stereocenters. The van der Waals surface area contributed by atoms with E-state index in [1.165, 1.54) is 12.8 Å². The van der Waals surface area contributed by atoms with Crippen molar-refractivity contribution in [3.8, 4) is 0 Å². The number of likely N-dealkylation sites (tertiary alicyclic amines) is 1. The zero-order chi connectivity index (χ0) is 16.9. The molecule has 1 fully saturated rings. The summed E-state index contributed by atoms with van der Waals surface area (Å²) >= 11 is 0. The zero-order valence-corrected chi connectivity index (χ0v) is 15.1. The molecule has 0 aromatic carbocycles. The summed E-state index contributed by atoms with van der Waals surface area (Å²) in [4.78, 5) is 13.5. The molecule has 6 heteroatoms. The van der Waals surface area contributed by atoms with Gasteiger partial charge in [-0.3, -0.25) is 4.79 Å². The molecule has 0 aromatic rings. The van der Waals surface area contributed by atoms with Crippen molar-refractivity contribution >= 4 is 5.91 Å². The van der Waals surface area contributed by atoms with Crippen molar-refractivity contribution < 1.29 is 14.3 Å². The van der Waals surface area contributed by atoms with E-state index in [2.05, 4.69) is 29.4 Å². The van der Waals surface area contributed by atoms with Crippen molar-refractivity contribution in [2.45, 2.75) is 52.1 Å². The second-order valence-electron chi connectivity index (χ2n) is 6.37. The zero-order valence-electron chi connectivity index (χ0n) is 15.1. The lowest BCUT2D eigenvalue weighted by Gasteiger charge is -2.33. The van der Waals surface area contributed by atoms with Gasteiger partial charge < -0.3 is 25.0 Å². The van der Waals surface area contributed by atoms with E-state index in [1.807, 2.05) is 6.92 Å². The molecule has 23 heavy (non-hydrogen) atoms. The highest BCUT2D eigenvalue weighted by Crippen LogP contribution is 2.10. The lowest BCUT2D eigenvalue weighted by molar-refractivity contribution is -0.121. The molecule has 1 aliphatic heterocycles. The summed E-state index contributed by atoms with van der Waals surface area (Å²) in [6, 6.07) is 1.25. The van der Waals surface area contributed by atoms with Gasteiger partial charge in [0.1, 0.15) is 0 Å². The van der Waals surface area contributed by atoms with E-state index in [1.54, 1.807) is 0 Å². The van der Waals surface area contributed by atoms with Crippen LogP contribution in [0.15, 0.2) is 0 Å². The number of hydrogen-bond donors (Lipinski definition) is 2. The van der Waals surface area contributed by atoms with Crippen LogP contribution in [0, 0.1) is 0 Å². The number of carbonyl (C=O) groups excluding carboxylic acids is 1. The van der Waals surface area contributed by atoms with Crippen LogP contribution in [0.1, 0.15) is 40.0 Å². The van der Waals surface area contributed by atoms with Crippen molar-refractivity contribution in [3.05, 3.63) is 0 Å². The number of nitrogens with zero attached hydrogens (tertiary/aromatic N) is 1. The van der Waals surface area contributed by atoms with Crippen molar-refractivity contribution in [2.24, 2.45) is 0 Å². The van der Waals surface area contributed by atoms with Crippen molar-refractivity contribution in [1.82, 2.24) is 15.5 Å². The molecule has 0 aromatic heterocycles. The van der Waals surface area contributed by atoms with Crippen LogP contribution in [-0.2, 0) is 14.3 Å². The minimum Gasteiger partial charge on any atom is -0.378 e. The fraction of sp³-hybridized carbons (Fsp3) is 0.941. The summed E-state index contributed by atoms with van der Waals surface area (Å²) in [6.45, 7) is 12.7. The smallest absolute Gasteiger partial charge is 0.219 e. The van der Waals surface area contributed by atoms with Gasteiger partial charge in [0.15, 0.2) is 0 Å². The number of ether oxygens (including phenoxy) is 2. The molecule has 1 rings (SSSR count). The number of rotatable bonds is 12. The molecule has 1 amide bonds. The van der Waals surface area contributed by atoms with E-state index < -0.39 is 0 Å². The van der Waals surface area contributed by atoms with Crippen LogP contribution in [0.5, 0.6) is 0 Å². The molecular weight excluding hydrogens is 294 g/mol. The molecule has 2 N–H and O–H groups in total. The Hall–Kier alpha value is -0.690. The normalized spacial score (nSPS) is 16.9. The van der Waals surface area contributed by atoms with Crippen molar-refractivity contribution in [3.63, 3.8) is 0 Å². The van der Waals surface area contributed by atoms with Crippen LogP contribution in [0.4, 0.5) is 0 Å². The molecule has 0 spiro atoms. The minimum atomic E-state index is 0.0669. The van der Waals surface area contributed by atoms with Gasteiger partial charge in [-0.05, 0) is 25.9 Å². The number of piperidine rings is 1. The van der Waals surface area contributed by atoms with Gasteiger partial charge in [0, 0.05) is 31.6 Å². The van der Waals surface area contributed by atoms with Gasteiger partial charge in [0.2, 0.25) is 5.91 Å². The molecule has 6 nitrogen and oxygen atoms in total. The van der Waals surface area contributed by atoms with Crippen LogP contribution < -0.4 is 10.6 Å². The van der Waals surface area contributed by atoms with Crippen LogP contribution in [0.2, 0.25) is 0 Å². The maximum absolute atomic E-state index is 11.0. The van der Waals surface area contributed by atoms with Gasteiger partial charge in [0.05, 0.1) is 26.4 Å². The third kappa shape index (κ3) is 10.7. The van der Waals surface area contributed by atoms with Crippen LogP contribution in [0.25, 0.3) is 0 Å². The van der Waals surface area contributed by atoms with Gasteiger partial charge in [0.25, 0.3) is 0 Å². The summed E-state index contributed by atoms with van der Waals surface area (Å²) in [5, 5.41) is 6.39. The average molecular weight is 329 g/mol. The maximum Gasteiger partial charge on any atom is 0.219 e. The first kappa shape index (κ1) is 20.4. The van der Waals surface area contributed by atoms with E-state index in [0.29, 0.717) is 44.9 Å². The van der Waals surface area contributed by atoms with Gasteiger partial charge in [-0.15, -0.1) is 0 Å². The third-order valence-electron chi connectivity index (χ3n) is 3.97. The predicted molar refractivity (Wildman–Crippen MR) is 92.7 cm³/mol. The SMILES string of the molecule is CCC(=O)NCCOCCOCCN1CCC(NC(C)C)CC1. The Kier molecular flexibility index (Phi) is 11.2. The Morgan fingerprint density at radius 3 is 2.39 bits per heavy atom. The Morgan fingerprint density at radius 1 is 1.13 bits per heavy atom. The second kappa shape index (κ2) is 12.7. The highest BCUT2D eigenvalue weighted by Gasteiger charge is 2.18. The minimum absolute atomic E-state index is 0.0669. The lowest BCUT2D eigenvalue weighted by atomic mass is 10.0. The molecular formula is C17H35N3O3. The molecule has 1 saturated heterocycles. The first-order valence-electron chi connectivity index (χ1n) is 9.02. The van der Waals surface area contributed by atoms with E-state index in [9.17, 15) is 4.79 Å². The lowest BCUT2D eigenvalue weighted by Crippen LogP contribution is -2.45.